The van der Waals surface area contributed by atoms with Gasteiger partial charge >= 0.3 is 6.18 Å². The van der Waals surface area contributed by atoms with Gasteiger partial charge in [-0.05, 0) is 82.9 Å². The third-order valence-corrected chi connectivity index (χ3v) is 6.84. The molecule has 1 heterocycles. The summed E-state index contributed by atoms with van der Waals surface area (Å²) in [5.41, 5.74) is 6.96. The summed E-state index contributed by atoms with van der Waals surface area (Å²) in [5, 5.41) is 0. The van der Waals surface area contributed by atoms with E-state index in [1.807, 2.05) is 14.0 Å². The molecule has 1 saturated heterocycles. The molecule has 4 nitrogen and oxygen atoms in total. The first kappa shape index (κ1) is 26.0. The molecule has 0 aromatic heterocycles. The van der Waals surface area contributed by atoms with E-state index in [0.29, 0.717) is 6.54 Å². The van der Waals surface area contributed by atoms with Crippen LogP contribution in [-0.2, 0) is 16.3 Å². The zero-order valence-electron chi connectivity index (χ0n) is 20.0. The molecule has 0 saturated carbocycles. The molecule has 8 heteroatoms. The summed E-state index contributed by atoms with van der Waals surface area (Å²) in [4.78, 5) is 3.80. The number of piperidine rings is 1. The number of nitrogens with zero attached hydrogens (tertiary/aromatic N) is 2. The van der Waals surface area contributed by atoms with Gasteiger partial charge in [0.15, 0.2) is 0 Å². The normalized spacial score (nSPS) is 17.4. The smallest absolute Gasteiger partial charge is 0.397 e. The monoisotopic (exact) mass is 479 g/mol. The summed E-state index contributed by atoms with van der Waals surface area (Å²) >= 11 is 0. The zero-order chi connectivity index (χ0) is 25.1. The molecule has 2 aromatic rings. The maximum absolute atomic E-state index is 13.7. The van der Waals surface area contributed by atoms with Crippen molar-refractivity contribution in [2.24, 2.45) is 0 Å². The third-order valence-electron chi connectivity index (χ3n) is 6.84. The highest BCUT2D eigenvalue weighted by atomic mass is 19.4. The van der Waals surface area contributed by atoms with Gasteiger partial charge in [-0.3, -0.25) is 0 Å². The molecule has 0 spiro atoms. The molecular formula is C26H33F4N3O. The van der Waals surface area contributed by atoms with Crippen LogP contribution < -0.4 is 10.6 Å². The Hall–Kier alpha value is -2.58. The Labute approximate surface area is 199 Å². The number of nitrogen functional groups attached to an aromatic ring is 1. The topological polar surface area (TPSA) is 41.7 Å². The molecule has 1 aliphatic rings. The molecule has 0 bridgehead atoms. The highest BCUT2D eigenvalue weighted by Gasteiger charge is 2.37. The van der Waals surface area contributed by atoms with Crippen molar-refractivity contribution in [1.29, 1.82) is 0 Å². The number of rotatable bonds is 8. The maximum atomic E-state index is 13.7. The molecule has 2 aromatic carbocycles. The molecule has 3 rings (SSSR count). The SMILES string of the molecule is C=CN(CC)c1cc(C(F)(F)F)cc([C@H](C)OCC2(c3ccc(F)cc3)CCN(C)CC2)c1N. The van der Waals surface area contributed by atoms with E-state index in [4.69, 9.17) is 10.5 Å². The van der Waals surface area contributed by atoms with Crippen LogP contribution in [0.4, 0.5) is 28.9 Å². The number of benzene rings is 2. The third kappa shape index (κ3) is 5.55. The molecule has 0 radical (unpaired) electrons. The molecule has 0 aliphatic carbocycles. The molecule has 1 atom stereocenters. The van der Waals surface area contributed by atoms with Crippen LogP contribution in [0, 0.1) is 5.82 Å². The quantitative estimate of drug-likeness (QED) is 0.365. The summed E-state index contributed by atoms with van der Waals surface area (Å²) in [5.74, 6) is -0.312. The van der Waals surface area contributed by atoms with Gasteiger partial charge in [0.05, 0.1) is 29.6 Å². The Bertz CT molecular complexity index is 983. The lowest BCUT2D eigenvalue weighted by atomic mass is 9.73. The Morgan fingerprint density at radius 2 is 1.82 bits per heavy atom. The van der Waals surface area contributed by atoms with Crippen molar-refractivity contribution in [3.8, 4) is 0 Å². The van der Waals surface area contributed by atoms with Crippen molar-refractivity contribution >= 4 is 11.4 Å². The van der Waals surface area contributed by atoms with Crippen molar-refractivity contribution in [1.82, 2.24) is 4.90 Å². The van der Waals surface area contributed by atoms with Crippen LogP contribution in [0.25, 0.3) is 0 Å². The molecule has 1 aliphatic heterocycles. The van der Waals surface area contributed by atoms with E-state index in [0.717, 1.165) is 43.6 Å². The zero-order valence-corrected chi connectivity index (χ0v) is 20.0. The van der Waals surface area contributed by atoms with Crippen molar-refractivity contribution in [2.45, 2.75) is 44.4 Å². The molecule has 186 valence electrons. The van der Waals surface area contributed by atoms with Crippen molar-refractivity contribution in [2.75, 3.05) is 43.9 Å². The van der Waals surface area contributed by atoms with E-state index in [2.05, 4.69) is 11.5 Å². The Balaban J connectivity index is 1.94. The number of alkyl halides is 3. The molecule has 0 unspecified atom stereocenters. The average Bonchev–Trinajstić information content (AvgIpc) is 2.80. The van der Waals surface area contributed by atoms with Crippen LogP contribution in [0.2, 0.25) is 0 Å². The first-order valence-corrected chi connectivity index (χ1v) is 11.5. The number of anilines is 2. The molecule has 2 N–H and O–H groups in total. The minimum Gasteiger partial charge on any atom is -0.397 e. The molecule has 34 heavy (non-hydrogen) atoms. The van der Waals surface area contributed by atoms with Gasteiger partial charge in [-0.25, -0.2) is 4.39 Å². The van der Waals surface area contributed by atoms with Crippen molar-refractivity contribution in [3.63, 3.8) is 0 Å². The second-order valence-corrected chi connectivity index (χ2v) is 9.01. The van der Waals surface area contributed by atoms with Gasteiger partial charge in [0.2, 0.25) is 0 Å². The van der Waals surface area contributed by atoms with Crippen LogP contribution in [-0.4, -0.2) is 38.2 Å². The highest BCUT2D eigenvalue weighted by molar-refractivity contribution is 5.74. The largest absolute Gasteiger partial charge is 0.416 e. The van der Waals surface area contributed by atoms with Gasteiger partial charge in [-0.2, -0.15) is 13.2 Å². The van der Waals surface area contributed by atoms with E-state index in [1.165, 1.54) is 18.3 Å². The van der Waals surface area contributed by atoms with Gasteiger partial charge in [0.25, 0.3) is 0 Å². The Kier molecular flexibility index (Phi) is 7.93. The first-order valence-electron chi connectivity index (χ1n) is 11.5. The highest BCUT2D eigenvalue weighted by Crippen LogP contribution is 2.41. The second-order valence-electron chi connectivity index (χ2n) is 9.01. The number of hydrogen-bond donors (Lipinski definition) is 1. The average molecular weight is 480 g/mol. The van der Waals surface area contributed by atoms with Crippen LogP contribution in [0.5, 0.6) is 0 Å². The summed E-state index contributed by atoms with van der Waals surface area (Å²) in [6.45, 7) is 9.62. The fraction of sp³-hybridized carbons (Fsp3) is 0.462. The van der Waals surface area contributed by atoms with Crippen LogP contribution in [0.3, 0.4) is 0 Å². The Morgan fingerprint density at radius 1 is 1.21 bits per heavy atom. The van der Waals surface area contributed by atoms with Crippen molar-refractivity contribution in [3.05, 3.63) is 71.7 Å². The van der Waals surface area contributed by atoms with E-state index < -0.39 is 17.8 Å². The number of ether oxygens (including phenoxy) is 1. The van der Waals surface area contributed by atoms with Crippen LogP contribution >= 0.6 is 0 Å². The van der Waals surface area contributed by atoms with E-state index in [-0.39, 0.29) is 34.8 Å². The minimum atomic E-state index is -4.53. The lowest BCUT2D eigenvalue weighted by Crippen LogP contribution is -2.44. The lowest BCUT2D eigenvalue weighted by Gasteiger charge is -2.41. The predicted octanol–water partition coefficient (Wildman–Crippen LogP) is 6.14. The maximum Gasteiger partial charge on any atom is 0.416 e. The van der Waals surface area contributed by atoms with E-state index in [1.54, 1.807) is 24.0 Å². The first-order chi connectivity index (χ1) is 16.0. The Morgan fingerprint density at radius 3 is 2.35 bits per heavy atom. The van der Waals surface area contributed by atoms with Gasteiger partial charge in [-0.1, -0.05) is 18.7 Å². The second kappa shape index (κ2) is 10.4. The molecular weight excluding hydrogens is 446 g/mol. The lowest BCUT2D eigenvalue weighted by molar-refractivity contribution is -0.137. The standard InChI is InChI=1S/C26H33F4N3O/c1-5-33(6-2)23-16-20(26(28,29)30)15-22(24(23)31)18(3)34-17-25(11-13-32(4)14-12-25)19-7-9-21(27)10-8-19/h5,7-10,15-16,18H,1,6,11-14,17,31H2,2-4H3/t18-/m0/s1. The molecule has 0 amide bonds. The van der Waals surface area contributed by atoms with Gasteiger partial charge < -0.3 is 20.3 Å². The van der Waals surface area contributed by atoms with E-state index in [9.17, 15) is 17.6 Å². The predicted molar refractivity (Wildman–Crippen MR) is 128 cm³/mol. The van der Waals surface area contributed by atoms with Gasteiger partial charge in [-0.15, -0.1) is 0 Å². The summed E-state index contributed by atoms with van der Waals surface area (Å²) in [6.07, 6.45) is -2.15. The number of halogens is 4. The van der Waals surface area contributed by atoms with Crippen LogP contribution in [0.1, 0.15) is 49.5 Å². The number of likely N-dealkylation sites (tertiary alicyclic amines) is 1. The summed E-state index contributed by atoms with van der Waals surface area (Å²) in [7, 11) is 2.04. The minimum absolute atomic E-state index is 0.237. The molecule has 1 fully saturated rings. The fourth-order valence-electron chi connectivity index (χ4n) is 4.54. The van der Waals surface area contributed by atoms with E-state index >= 15 is 0 Å². The van der Waals surface area contributed by atoms with Crippen molar-refractivity contribution < 1.29 is 22.3 Å². The summed E-state index contributed by atoms with van der Waals surface area (Å²) < 4.78 is 60.8. The fourth-order valence-corrected chi connectivity index (χ4v) is 4.54. The summed E-state index contributed by atoms with van der Waals surface area (Å²) in [6, 6.07) is 8.53. The van der Waals surface area contributed by atoms with Gasteiger partial charge in [0, 0.05) is 17.5 Å². The number of nitrogens with two attached hydrogens (primary N) is 1. The van der Waals surface area contributed by atoms with Crippen LogP contribution in [0.15, 0.2) is 49.2 Å². The number of hydrogen-bond acceptors (Lipinski definition) is 4. The van der Waals surface area contributed by atoms with Gasteiger partial charge in [0.1, 0.15) is 5.82 Å².